The number of nitrogens with one attached hydrogen (secondary N) is 1. The predicted molar refractivity (Wildman–Crippen MR) is 79.3 cm³/mol. The number of rotatable bonds is 6. The number of ether oxygens (including phenoxy) is 1. The van der Waals surface area contributed by atoms with Crippen LogP contribution in [-0.2, 0) is 4.74 Å². The summed E-state index contributed by atoms with van der Waals surface area (Å²) in [5.74, 6) is -0.185. The first-order valence-corrected chi connectivity index (χ1v) is 7.45. The minimum absolute atomic E-state index is 0.174. The van der Waals surface area contributed by atoms with Crippen molar-refractivity contribution in [2.75, 3.05) is 13.2 Å². The lowest BCUT2D eigenvalue weighted by atomic mass is 10.2. The number of hydrogen-bond donors (Lipinski definition) is 1. The van der Waals surface area contributed by atoms with Gasteiger partial charge < -0.3 is 10.1 Å². The van der Waals surface area contributed by atoms with Gasteiger partial charge in [-0.05, 0) is 50.0 Å². The maximum Gasteiger partial charge on any atom is 0.123 e. The first kappa shape index (κ1) is 14.4. The Morgan fingerprint density at radius 1 is 1.32 bits per heavy atom. The van der Waals surface area contributed by atoms with Crippen LogP contribution in [0.5, 0.6) is 0 Å². The van der Waals surface area contributed by atoms with Gasteiger partial charge in [0.05, 0.1) is 18.8 Å². The summed E-state index contributed by atoms with van der Waals surface area (Å²) in [4.78, 5) is 1.20. The van der Waals surface area contributed by atoms with Gasteiger partial charge in [-0.15, -0.1) is 11.3 Å². The Morgan fingerprint density at radius 2 is 2.11 bits per heavy atom. The van der Waals surface area contributed by atoms with Gasteiger partial charge in [0.1, 0.15) is 5.82 Å². The van der Waals surface area contributed by atoms with Gasteiger partial charge in [-0.2, -0.15) is 0 Å². The Kier molecular flexibility index (Phi) is 4.91. The van der Waals surface area contributed by atoms with Gasteiger partial charge >= 0.3 is 0 Å². The van der Waals surface area contributed by atoms with Crippen molar-refractivity contribution in [1.82, 2.24) is 5.32 Å². The lowest BCUT2D eigenvalue weighted by molar-refractivity contribution is 0.0621. The number of benzene rings is 1. The molecule has 0 bridgehead atoms. The van der Waals surface area contributed by atoms with Gasteiger partial charge in [-0.3, -0.25) is 0 Å². The zero-order chi connectivity index (χ0) is 13.8. The van der Waals surface area contributed by atoms with Crippen LogP contribution in [0.1, 0.15) is 31.7 Å². The Hall–Kier alpha value is -0.970. The standard InChI is InChI=1S/C15H20FNOS/c1-4-17-13(9-18-10(2)3)15-8-11-7-12(16)5-6-14(11)19-15/h5-8,10,13,17H,4,9H2,1-3H3. The third-order valence-corrected chi connectivity index (χ3v) is 4.12. The van der Waals surface area contributed by atoms with Gasteiger partial charge in [-0.25, -0.2) is 4.39 Å². The number of likely N-dealkylation sites (N-methyl/N-ethyl adjacent to an activating group) is 1. The molecule has 1 atom stereocenters. The molecule has 0 aliphatic carbocycles. The molecule has 1 aromatic heterocycles. The second-order valence-electron chi connectivity index (χ2n) is 4.82. The fourth-order valence-electron chi connectivity index (χ4n) is 1.98. The van der Waals surface area contributed by atoms with E-state index in [-0.39, 0.29) is 18.0 Å². The first-order valence-electron chi connectivity index (χ1n) is 6.64. The van der Waals surface area contributed by atoms with Gasteiger partial charge in [0, 0.05) is 9.58 Å². The predicted octanol–water partition coefficient (Wildman–Crippen LogP) is 4.12. The summed E-state index contributed by atoms with van der Waals surface area (Å²) in [7, 11) is 0. The molecular formula is C15H20FNOS. The molecule has 4 heteroatoms. The molecule has 0 aliphatic rings. The summed E-state index contributed by atoms with van der Waals surface area (Å²) in [5, 5.41) is 4.39. The monoisotopic (exact) mass is 281 g/mol. The van der Waals surface area contributed by atoms with Crippen LogP contribution < -0.4 is 5.32 Å². The normalized spacial score (nSPS) is 13.3. The summed E-state index contributed by atoms with van der Waals surface area (Å²) in [6.07, 6.45) is 0.216. The molecule has 0 amide bonds. The topological polar surface area (TPSA) is 21.3 Å². The minimum atomic E-state index is -0.185. The van der Waals surface area contributed by atoms with E-state index in [1.54, 1.807) is 17.4 Å². The second-order valence-corrected chi connectivity index (χ2v) is 5.94. The van der Waals surface area contributed by atoms with Crippen LogP contribution >= 0.6 is 11.3 Å². The molecule has 1 aromatic carbocycles. The molecule has 0 spiro atoms. The highest BCUT2D eigenvalue weighted by Gasteiger charge is 2.14. The van der Waals surface area contributed by atoms with E-state index in [0.29, 0.717) is 6.61 Å². The van der Waals surface area contributed by atoms with Crippen molar-refractivity contribution in [3.05, 3.63) is 35.0 Å². The summed E-state index contributed by atoms with van der Waals surface area (Å²) in [5.41, 5.74) is 0. The fraction of sp³-hybridized carbons (Fsp3) is 0.467. The zero-order valence-corrected chi connectivity index (χ0v) is 12.4. The van der Waals surface area contributed by atoms with Gasteiger partial charge in [-0.1, -0.05) is 6.92 Å². The van der Waals surface area contributed by atoms with E-state index < -0.39 is 0 Å². The van der Waals surface area contributed by atoms with Crippen LogP contribution in [-0.4, -0.2) is 19.3 Å². The number of hydrogen-bond acceptors (Lipinski definition) is 3. The highest BCUT2D eigenvalue weighted by molar-refractivity contribution is 7.19. The lowest BCUT2D eigenvalue weighted by Crippen LogP contribution is -2.25. The number of halogens is 1. The Morgan fingerprint density at radius 3 is 2.79 bits per heavy atom. The van der Waals surface area contributed by atoms with Crippen molar-refractivity contribution >= 4 is 21.4 Å². The van der Waals surface area contributed by atoms with Gasteiger partial charge in [0.15, 0.2) is 0 Å². The quantitative estimate of drug-likeness (QED) is 0.860. The maximum absolute atomic E-state index is 13.2. The molecule has 0 radical (unpaired) electrons. The van der Waals surface area contributed by atoms with E-state index in [1.165, 1.54) is 10.9 Å². The molecule has 1 heterocycles. The maximum atomic E-state index is 13.2. The largest absolute Gasteiger partial charge is 0.377 e. The van der Waals surface area contributed by atoms with Crippen LogP contribution in [0, 0.1) is 5.82 Å². The van der Waals surface area contributed by atoms with E-state index in [9.17, 15) is 4.39 Å². The summed E-state index contributed by atoms with van der Waals surface area (Å²) in [6.45, 7) is 7.66. The van der Waals surface area contributed by atoms with Crippen molar-refractivity contribution in [3.8, 4) is 0 Å². The minimum Gasteiger partial charge on any atom is -0.377 e. The van der Waals surface area contributed by atoms with Crippen LogP contribution in [0.2, 0.25) is 0 Å². The average molecular weight is 281 g/mol. The highest BCUT2D eigenvalue weighted by atomic mass is 32.1. The smallest absolute Gasteiger partial charge is 0.123 e. The average Bonchev–Trinajstić information content (AvgIpc) is 2.76. The molecular weight excluding hydrogens is 261 g/mol. The number of thiophene rings is 1. The first-order chi connectivity index (χ1) is 9.10. The van der Waals surface area contributed by atoms with Crippen LogP contribution in [0.15, 0.2) is 24.3 Å². The van der Waals surface area contributed by atoms with Gasteiger partial charge in [0.2, 0.25) is 0 Å². The molecule has 1 unspecified atom stereocenters. The van der Waals surface area contributed by atoms with E-state index in [4.69, 9.17) is 4.74 Å². The molecule has 0 fully saturated rings. The number of fused-ring (bicyclic) bond motifs is 1. The van der Waals surface area contributed by atoms with E-state index in [0.717, 1.165) is 16.6 Å². The van der Waals surface area contributed by atoms with Crippen LogP contribution in [0.4, 0.5) is 4.39 Å². The lowest BCUT2D eigenvalue weighted by Gasteiger charge is -2.18. The molecule has 2 rings (SSSR count). The molecule has 2 nitrogen and oxygen atoms in total. The SMILES string of the molecule is CCNC(COC(C)C)c1cc2cc(F)ccc2s1. The van der Waals surface area contributed by atoms with Crippen LogP contribution in [0.3, 0.4) is 0 Å². The van der Waals surface area contributed by atoms with Crippen molar-refractivity contribution in [1.29, 1.82) is 0 Å². The highest BCUT2D eigenvalue weighted by Crippen LogP contribution is 2.30. The van der Waals surface area contributed by atoms with Crippen molar-refractivity contribution in [2.45, 2.75) is 32.9 Å². The zero-order valence-electron chi connectivity index (χ0n) is 11.6. The van der Waals surface area contributed by atoms with Crippen molar-refractivity contribution in [3.63, 3.8) is 0 Å². The second kappa shape index (κ2) is 6.46. The van der Waals surface area contributed by atoms with E-state index in [2.05, 4.69) is 18.3 Å². The molecule has 0 aliphatic heterocycles. The third-order valence-electron chi connectivity index (χ3n) is 2.89. The Labute approximate surface area is 117 Å². The molecule has 19 heavy (non-hydrogen) atoms. The van der Waals surface area contributed by atoms with E-state index in [1.807, 2.05) is 19.9 Å². The van der Waals surface area contributed by atoms with Crippen molar-refractivity contribution < 1.29 is 9.13 Å². The van der Waals surface area contributed by atoms with E-state index >= 15 is 0 Å². The summed E-state index contributed by atoms with van der Waals surface area (Å²) >= 11 is 1.70. The van der Waals surface area contributed by atoms with Crippen molar-refractivity contribution in [2.24, 2.45) is 0 Å². The molecule has 0 saturated heterocycles. The summed E-state index contributed by atoms with van der Waals surface area (Å²) in [6, 6.07) is 7.16. The molecule has 0 saturated carbocycles. The molecule has 104 valence electrons. The van der Waals surface area contributed by atoms with Crippen LogP contribution in [0.25, 0.3) is 10.1 Å². The Bertz CT molecular complexity index is 538. The van der Waals surface area contributed by atoms with Gasteiger partial charge in [0.25, 0.3) is 0 Å². The molecule has 1 N–H and O–H groups in total. The molecule has 2 aromatic rings. The third kappa shape index (κ3) is 3.75. The fourth-order valence-corrected chi connectivity index (χ4v) is 3.09. The Balaban J connectivity index is 2.22. The summed E-state index contributed by atoms with van der Waals surface area (Å²) < 4.78 is 20.0.